The van der Waals surface area contributed by atoms with Crippen molar-refractivity contribution in [2.45, 2.75) is 45.4 Å². The fraction of sp³-hybridized carbons (Fsp3) is 0.333. The van der Waals surface area contributed by atoms with Crippen LogP contribution >= 0.6 is 0 Å². The van der Waals surface area contributed by atoms with Crippen LogP contribution in [-0.2, 0) is 6.42 Å². The zero-order chi connectivity index (χ0) is 18.9. The Morgan fingerprint density at radius 2 is 1.26 bits per heavy atom. The molecule has 0 amide bonds. The van der Waals surface area contributed by atoms with Crippen LogP contribution < -0.4 is 4.74 Å². The number of aryl methyl sites for hydroxylation is 1. The number of rotatable bonds is 9. The fourth-order valence-corrected chi connectivity index (χ4v) is 3.16. The minimum atomic E-state index is 0.841. The van der Waals surface area contributed by atoms with E-state index in [-0.39, 0.29) is 0 Å². The first-order chi connectivity index (χ1) is 13.3. The Kier molecular flexibility index (Phi) is 6.97. The van der Waals surface area contributed by atoms with Gasteiger partial charge in [-0.05, 0) is 42.7 Å². The molecule has 0 aliphatic rings. The molecule has 0 bridgehead atoms. The highest BCUT2D eigenvalue weighted by atomic mass is 16.5. The lowest BCUT2D eigenvalue weighted by atomic mass is 10.0. The maximum absolute atomic E-state index is 5.20. The quantitative estimate of drug-likeness (QED) is 0.418. The number of hydrogen-bond donors (Lipinski definition) is 0. The molecule has 140 valence electrons. The van der Waals surface area contributed by atoms with Crippen molar-refractivity contribution in [2.75, 3.05) is 7.11 Å². The molecular formula is C24H28N2O. The van der Waals surface area contributed by atoms with Crippen molar-refractivity contribution in [3.63, 3.8) is 0 Å². The summed E-state index contributed by atoms with van der Waals surface area (Å²) in [6.07, 6.45) is 11.4. The molecule has 0 fully saturated rings. The smallest absolute Gasteiger partial charge is 0.118 e. The summed E-state index contributed by atoms with van der Waals surface area (Å²) < 4.78 is 5.20. The van der Waals surface area contributed by atoms with Gasteiger partial charge >= 0.3 is 0 Å². The summed E-state index contributed by atoms with van der Waals surface area (Å²) in [5.74, 6) is 0.841. The molecular weight excluding hydrogens is 332 g/mol. The summed E-state index contributed by atoms with van der Waals surface area (Å²) in [4.78, 5) is 9.18. The fourth-order valence-electron chi connectivity index (χ4n) is 3.16. The Labute approximate surface area is 162 Å². The van der Waals surface area contributed by atoms with E-state index in [0.717, 1.165) is 34.7 Å². The average Bonchev–Trinajstić information content (AvgIpc) is 2.74. The zero-order valence-corrected chi connectivity index (χ0v) is 16.3. The molecule has 1 aromatic heterocycles. The van der Waals surface area contributed by atoms with Crippen molar-refractivity contribution in [3.8, 4) is 28.3 Å². The standard InChI is InChI=1S/C24H28N2O/c1-3-4-5-6-7-8-19-9-11-20(12-10-19)23-17-26-24(18-25-23)21-13-15-22(27-2)16-14-21/h9-18H,3-8H2,1-2H3. The van der Waals surface area contributed by atoms with E-state index in [2.05, 4.69) is 41.2 Å². The summed E-state index contributed by atoms with van der Waals surface area (Å²) in [6.45, 7) is 2.26. The molecule has 3 heteroatoms. The van der Waals surface area contributed by atoms with Crippen LogP contribution in [0.2, 0.25) is 0 Å². The highest BCUT2D eigenvalue weighted by Gasteiger charge is 2.04. The third-order valence-electron chi connectivity index (χ3n) is 4.86. The molecule has 3 rings (SSSR count). The van der Waals surface area contributed by atoms with E-state index in [0.29, 0.717) is 0 Å². The van der Waals surface area contributed by atoms with Gasteiger partial charge < -0.3 is 4.74 Å². The second-order valence-corrected chi connectivity index (χ2v) is 6.88. The van der Waals surface area contributed by atoms with Crippen LogP contribution in [0.25, 0.3) is 22.5 Å². The summed E-state index contributed by atoms with van der Waals surface area (Å²) in [5.41, 5.74) is 5.32. The van der Waals surface area contributed by atoms with Gasteiger partial charge in [-0.15, -0.1) is 0 Å². The largest absolute Gasteiger partial charge is 0.497 e. The molecule has 0 spiro atoms. The van der Waals surface area contributed by atoms with E-state index in [1.165, 1.54) is 37.7 Å². The Bertz CT molecular complexity index is 809. The van der Waals surface area contributed by atoms with Crippen molar-refractivity contribution in [3.05, 3.63) is 66.5 Å². The minimum Gasteiger partial charge on any atom is -0.497 e. The zero-order valence-electron chi connectivity index (χ0n) is 16.3. The van der Waals surface area contributed by atoms with E-state index in [1.807, 2.05) is 36.7 Å². The second kappa shape index (κ2) is 9.86. The topological polar surface area (TPSA) is 35.0 Å². The Balaban J connectivity index is 1.61. The predicted molar refractivity (Wildman–Crippen MR) is 112 cm³/mol. The van der Waals surface area contributed by atoms with E-state index in [9.17, 15) is 0 Å². The normalized spacial score (nSPS) is 10.7. The van der Waals surface area contributed by atoms with Crippen molar-refractivity contribution in [1.82, 2.24) is 9.97 Å². The van der Waals surface area contributed by atoms with Crippen LogP contribution in [0.1, 0.15) is 44.6 Å². The number of methoxy groups -OCH3 is 1. The average molecular weight is 361 g/mol. The van der Waals surface area contributed by atoms with Gasteiger partial charge in [0.2, 0.25) is 0 Å². The molecule has 0 saturated heterocycles. The van der Waals surface area contributed by atoms with E-state index < -0.39 is 0 Å². The van der Waals surface area contributed by atoms with Crippen LogP contribution in [0.3, 0.4) is 0 Å². The third-order valence-corrected chi connectivity index (χ3v) is 4.86. The summed E-state index contributed by atoms with van der Waals surface area (Å²) >= 11 is 0. The lowest BCUT2D eigenvalue weighted by Crippen LogP contribution is -1.91. The second-order valence-electron chi connectivity index (χ2n) is 6.88. The van der Waals surface area contributed by atoms with Gasteiger partial charge in [-0.3, -0.25) is 9.97 Å². The third kappa shape index (κ3) is 5.40. The first kappa shape index (κ1) is 19.1. The lowest BCUT2D eigenvalue weighted by molar-refractivity contribution is 0.415. The molecule has 0 saturated carbocycles. The number of nitrogens with zero attached hydrogens (tertiary/aromatic N) is 2. The van der Waals surface area contributed by atoms with Crippen LogP contribution in [0.4, 0.5) is 0 Å². The molecule has 0 aliphatic heterocycles. The predicted octanol–water partition coefficient (Wildman–Crippen LogP) is 6.33. The number of ether oxygens (including phenoxy) is 1. The first-order valence-electron chi connectivity index (χ1n) is 9.86. The lowest BCUT2D eigenvalue weighted by Gasteiger charge is -2.06. The maximum Gasteiger partial charge on any atom is 0.118 e. The molecule has 3 aromatic rings. The summed E-state index contributed by atoms with van der Waals surface area (Å²) in [7, 11) is 1.67. The van der Waals surface area contributed by atoms with Crippen LogP contribution in [-0.4, -0.2) is 17.1 Å². The molecule has 0 atom stereocenters. The van der Waals surface area contributed by atoms with E-state index >= 15 is 0 Å². The number of benzene rings is 2. The van der Waals surface area contributed by atoms with Crippen molar-refractivity contribution in [2.24, 2.45) is 0 Å². The Morgan fingerprint density at radius 1 is 0.704 bits per heavy atom. The summed E-state index contributed by atoms with van der Waals surface area (Å²) in [5, 5.41) is 0. The van der Waals surface area contributed by atoms with Crippen LogP contribution in [0.15, 0.2) is 60.9 Å². The molecule has 0 radical (unpaired) electrons. The van der Waals surface area contributed by atoms with E-state index in [1.54, 1.807) is 7.11 Å². The Hall–Kier alpha value is -2.68. The van der Waals surface area contributed by atoms with Crippen molar-refractivity contribution < 1.29 is 4.74 Å². The maximum atomic E-state index is 5.20. The minimum absolute atomic E-state index is 0.841. The van der Waals surface area contributed by atoms with Gasteiger partial charge in [0, 0.05) is 11.1 Å². The van der Waals surface area contributed by atoms with Gasteiger partial charge in [-0.2, -0.15) is 0 Å². The highest BCUT2D eigenvalue weighted by molar-refractivity contribution is 5.63. The number of aromatic nitrogens is 2. The number of hydrogen-bond acceptors (Lipinski definition) is 3. The van der Waals surface area contributed by atoms with Gasteiger partial charge in [-0.25, -0.2) is 0 Å². The van der Waals surface area contributed by atoms with Gasteiger partial charge in [0.1, 0.15) is 5.75 Å². The molecule has 2 aromatic carbocycles. The van der Waals surface area contributed by atoms with Gasteiger partial charge in [0.25, 0.3) is 0 Å². The molecule has 0 unspecified atom stereocenters. The van der Waals surface area contributed by atoms with Gasteiger partial charge in [-0.1, -0.05) is 56.9 Å². The SMILES string of the molecule is CCCCCCCc1ccc(-c2cnc(-c3ccc(OC)cc3)cn2)cc1. The van der Waals surface area contributed by atoms with Crippen LogP contribution in [0.5, 0.6) is 5.75 Å². The van der Waals surface area contributed by atoms with Gasteiger partial charge in [0.15, 0.2) is 0 Å². The highest BCUT2D eigenvalue weighted by Crippen LogP contribution is 2.23. The van der Waals surface area contributed by atoms with Crippen molar-refractivity contribution >= 4 is 0 Å². The first-order valence-corrected chi connectivity index (χ1v) is 9.86. The van der Waals surface area contributed by atoms with Crippen molar-refractivity contribution in [1.29, 1.82) is 0 Å². The Morgan fingerprint density at radius 3 is 1.78 bits per heavy atom. The molecule has 0 N–H and O–H groups in total. The van der Waals surface area contributed by atoms with Gasteiger partial charge in [0.05, 0.1) is 30.9 Å². The van der Waals surface area contributed by atoms with Crippen LogP contribution in [0, 0.1) is 0 Å². The molecule has 3 nitrogen and oxygen atoms in total. The number of unbranched alkanes of at least 4 members (excludes halogenated alkanes) is 4. The van der Waals surface area contributed by atoms with E-state index in [4.69, 9.17) is 4.74 Å². The monoisotopic (exact) mass is 360 g/mol. The molecule has 27 heavy (non-hydrogen) atoms. The molecule has 0 aliphatic carbocycles. The summed E-state index contributed by atoms with van der Waals surface area (Å²) in [6, 6.07) is 16.6. The molecule has 1 heterocycles.